The molecular weight excluding hydrogens is 218 g/mol. The quantitative estimate of drug-likeness (QED) is 0.638. The maximum atomic E-state index is 3.69. The zero-order valence-electron chi connectivity index (χ0n) is 12.1. The predicted molar refractivity (Wildman–Crippen MR) is 81.0 cm³/mol. The van der Waals surface area contributed by atoms with Crippen molar-refractivity contribution < 1.29 is 0 Å². The van der Waals surface area contributed by atoms with Crippen LogP contribution in [0.5, 0.6) is 0 Å². The fourth-order valence-corrected chi connectivity index (χ4v) is 2.34. The summed E-state index contributed by atoms with van der Waals surface area (Å²) in [5.41, 5.74) is 1.47. The fourth-order valence-electron chi connectivity index (χ4n) is 2.34. The first-order valence-electron chi connectivity index (χ1n) is 7.64. The van der Waals surface area contributed by atoms with E-state index in [4.69, 9.17) is 0 Å². The topological polar surface area (TPSA) is 12.0 Å². The van der Waals surface area contributed by atoms with Crippen LogP contribution in [-0.4, -0.2) is 12.6 Å². The van der Waals surface area contributed by atoms with Gasteiger partial charge in [0.25, 0.3) is 0 Å². The molecule has 1 unspecified atom stereocenters. The average molecular weight is 247 g/mol. The van der Waals surface area contributed by atoms with Gasteiger partial charge in [0.15, 0.2) is 0 Å². The van der Waals surface area contributed by atoms with Crippen LogP contribution in [0.25, 0.3) is 0 Å². The van der Waals surface area contributed by atoms with E-state index in [1.807, 2.05) is 0 Å². The number of benzene rings is 1. The molecule has 102 valence electrons. The Morgan fingerprint density at radius 1 is 0.944 bits per heavy atom. The van der Waals surface area contributed by atoms with Crippen LogP contribution in [0.1, 0.15) is 57.9 Å². The van der Waals surface area contributed by atoms with Gasteiger partial charge in [-0.1, -0.05) is 57.0 Å². The number of hydrogen-bond acceptors (Lipinski definition) is 1. The third-order valence-electron chi connectivity index (χ3n) is 3.45. The molecule has 0 fully saturated rings. The van der Waals surface area contributed by atoms with Crippen molar-refractivity contribution >= 4 is 0 Å². The molecule has 1 rings (SSSR count). The van der Waals surface area contributed by atoms with Crippen LogP contribution in [-0.2, 0) is 6.42 Å². The molecule has 0 amide bonds. The van der Waals surface area contributed by atoms with Crippen LogP contribution in [0, 0.1) is 0 Å². The van der Waals surface area contributed by atoms with Crippen LogP contribution in [0.2, 0.25) is 0 Å². The molecule has 0 radical (unpaired) electrons. The smallest absolute Gasteiger partial charge is 0.00671 e. The van der Waals surface area contributed by atoms with Crippen molar-refractivity contribution in [3.05, 3.63) is 35.9 Å². The van der Waals surface area contributed by atoms with Crippen molar-refractivity contribution in [2.45, 2.75) is 64.8 Å². The standard InChI is InChI=1S/C17H29N/c1-3-5-13-17(18-15-4-2)14-9-12-16-10-7-6-8-11-16/h6-8,10-11,17-18H,3-5,9,12-15H2,1-2H3. The summed E-state index contributed by atoms with van der Waals surface area (Å²) in [5.74, 6) is 0. The Labute approximate surface area is 113 Å². The second-order valence-corrected chi connectivity index (χ2v) is 5.17. The first kappa shape index (κ1) is 15.2. The summed E-state index contributed by atoms with van der Waals surface area (Å²) >= 11 is 0. The van der Waals surface area contributed by atoms with Gasteiger partial charge >= 0.3 is 0 Å². The normalized spacial score (nSPS) is 12.6. The van der Waals surface area contributed by atoms with E-state index in [9.17, 15) is 0 Å². The van der Waals surface area contributed by atoms with Crippen molar-refractivity contribution in [3.63, 3.8) is 0 Å². The summed E-state index contributed by atoms with van der Waals surface area (Å²) in [6.45, 7) is 5.69. The third-order valence-corrected chi connectivity index (χ3v) is 3.45. The minimum absolute atomic E-state index is 0.730. The minimum Gasteiger partial charge on any atom is -0.314 e. The molecule has 0 heterocycles. The molecule has 0 saturated heterocycles. The second kappa shape index (κ2) is 10.1. The molecular formula is C17H29N. The molecule has 0 aliphatic carbocycles. The Morgan fingerprint density at radius 2 is 1.67 bits per heavy atom. The monoisotopic (exact) mass is 247 g/mol. The molecule has 1 aromatic rings. The van der Waals surface area contributed by atoms with E-state index in [0.717, 1.165) is 6.04 Å². The van der Waals surface area contributed by atoms with E-state index in [-0.39, 0.29) is 0 Å². The highest BCUT2D eigenvalue weighted by molar-refractivity contribution is 5.14. The zero-order chi connectivity index (χ0) is 13.1. The summed E-state index contributed by atoms with van der Waals surface area (Å²) in [6, 6.07) is 11.6. The van der Waals surface area contributed by atoms with Crippen molar-refractivity contribution in [3.8, 4) is 0 Å². The van der Waals surface area contributed by atoms with Gasteiger partial charge in [0.2, 0.25) is 0 Å². The lowest BCUT2D eigenvalue weighted by molar-refractivity contribution is 0.429. The van der Waals surface area contributed by atoms with Gasteiger partial charge in [-0.05, 0) is 44.2 Å². The average Bonchev–Trinajstić information content (AvgIpc) is 2.42. The lowest BCUT2D eigenvalue weighted by Crippen LogP contribution is -2.29. The lowest BCUT2D eigenvalue weighted by Gasteiger charge is -2.18. The van der Waals surface area contributed by atoms with Crippen molar-refractivity contribution in [1.29, 1.82) is 0 Å². The van der Waals surface area contributed by atoms with Crippen LogP contribution < -0.4 is 5.32 Å². The number of rotatable bonds is 10. The van der Waals surface area contributed by atoms with E-state index in [0.29, 0.717) is 0 Å². The Kier molecular flexibility index (Phi) is 8.58. The molecule has 18 heavy (non-hydrogen) atoms. The van der Waals surface area contributed by atoms with Gasteiger partial charge in [-0.25, -0.2) is 0 Å². The van der Waals surface area contributed by atoms with E-state index < -0.39 is 0 Å². The number of hydrogen-bond donors (Lipinski definition) is 1. The van der Waals surface area contributed by atoms with E-state index in [1.54, 1.807) is 0 Å². The zero-order valence-corrected chi connectivity index (χ0v) is 12.1. The van der Waals surface area contributed by atoms with Gasteiger partial charge in [-0.3, -0.25) is 0 Å². The second-order valence-electron chi connectivity index (χ2n) is 5.17. The predicted octanol–water partition coefficient (Wildman–Crippen LogP) is 4.57. The molecule has 0 aromatic heterocycles. The summed E-state index contributed by atoms with van der Waals surface area (Å²) in [7, 11) is 0. The number of unbranched alkanes of at least 4 members (excludes halogenated alkanes) is 1. The maximum Gasteiger partial charge on any atom is 0.00671 e. The Bertz CT molecular complexity index is 273. The van der Waals surface area contributed by atoms with Crippen molar-refractivity contribution in [2.24, 2.45) is 0 Å². The molecule has 0 aliphatic rings. The van der Waals surface area contributed by atoms with Crippen LogP contribution in [0.3, 0.4) is 0 Å². The van der Waals surface area contributed by atoms with E-state index in [2.05, 4.69) is 49.5 Å². The Balaban J connectivity index is 2.23. The largest absolute Gasteiger partial charge is 0.314 e. The molecule has 1 aromatic carbocycles. The highest BCUT2D eigenvalue weighted by Gasteiger charge is 2.06. The summed E-state index contributed by atoms with van der Waals surface area (Å²) in [4.78, 5) is 0. The summed E-state index contributed by atoms with van der Waals surface area (Å²) in [5, 5.41) is 3.69. The van der Waals surface area contributed by atoms with Crippen LogP contribution >= 0.6 is 0 Å². The maximum absolute atomic E-state index is 3.69. The van der Waals surface area contributed by atoms with Gasteiger partial charge in [-0.15, -0.1) is 0 Å². The first-order chi connectivity index (χ1) is 8.86. The van der Waals surface area contributed by atoms with Crippen molar-refractivity contribution in [2.75, 3.05) is 6.54 Å². The van der Waals surface area contributed by atoms with E-state index >= 15 is 0 Å². The van der Waals surface area contributed by atoms with Gasteiger partial charge in [-0.2, -0.15) is 0 Å². The summed E-state index contributed by atoms with van der Waals surface area (Å²) in [6.07, 6.45) is 9.07. The molecule has 0 aliphatic heterocycles. The molecule has 1 atom stereocenters. The first-order valence-corrected chi connectivity index (χ1v) is 7.64. The lowest BCUT2D eigenvalue weighted by atomic mass is 10.0. The highest BCUT2D eigenvalue weighted by Crippen LogP contribution is 2.11. The molecule has 0 saturated carbocycles. The molecule has 1 nitrogen and oxygen atoms in total. The molecule has 1 N–H and O–H groups in total. The highest BCUT2D eigenvalue weighted by atomic mass is 14.9. The van der Waals surface area contributed by atoms with Crippen molar-refractivity contribution in [1.82, 2.24) is 5.32 Å². The SMILES string of the molecule is CCCCC(CCCc1ccccc1)NCCC. The number of nitrogens with one attached hydrogen (secondary N) is 1. The van der Waals surface area contributed by atoms with Crippen LogP contribution in [0.4, 0.5) is 0 Å². The third kappa shape index (κ3) is 6.80. The molecule has 0 spiro atoms. The van der Waals surface area contributed by atoms with Gasteiger partial charge < -0.3 is 5.32 Å². The molecule has 0 bridgehead atoms. The molecule has 1 heteroatoms. The Hall–Kier alpha value is -0.820. The van der Waals surface area contributed by atoms with Gasteiger partial charge in [0, 0.05) is 6.04 Å². The van der Waals surface area contributed by atoms with E-state index in [1.165, 1.54) is 57.1 Å². The van der Waals surface area contributed by atoms with Crippen LogP contribution in [0.15, 0.2) is 30.3 Å². The minimum atomic E-state index is 0.730. The van der Waals surface area contributed by atoms with Gasteiger partial charge in [0.1, 0.15) is 0 Å². The Morgan fingerprint density at radius 3 is 2.33 bits per heavy atom. The van der Waals surface area contributed by atoms with Gasteiger partial charge in [0.05, 0.1) is 0 Å². The summed E-state index contributed by atoms with van der Waals surface area (Å²) < 4.78 is 0. The fraction of sp³-hybridized carbons (Fsp3) is 0.647. The number of aryl methyl sites for hydroxylation is 1.